The predicted molar refractivity (Wildman–Crippen MR) is 79.8 cm³/mol. The summed E-state index contributed by atoms with van der Waals surface area (Å²) >= 11 is 3.35. The number of benzene rings is 2. The molecule has 0 heterocycles. The molecule has 0 saturated heterocycles. The minimum absolute atomic E-state index is 0.487. The summed E-state index contributed by atoms with van der Waals surface area (Å²) < 4.78 is 13.0. The van der Waals surface area contributed by atoms with E-state index in [0.717, 1.165) is 14.9 Å². The smallest absolute Gasteiger partial charge is 0.0574 e. The third-order valence-electron chi connectivity index (χ3n) is 2.64. The topological polar surface area (TPSA) is 43.1 Å². The summed E-state index contributed by atoms with van der Waals surface area (Å²) in [6.45, 7) is 2.02. The van der Waals surface area contributed by atoms with Crippen LogP contribution in [-0.2, 0) is 16.6 Å². The largest absolute Gasteiger partial charge is 0.398 e. The Kier molecular flexibility index (Phi) is 4.19. The summed E-state index contributed by atoms with van der Waals surface area (Å²) in [6, 6.07) is 13.5. The zero-order chi connectivity index (χ0) is 13.1. The maximum absolute atomic E-state index is 12.2. The van der Waals surface area contributed by atoms with E-state index < -0.39 is 10.8 Å². The van der Waals surface area contributed by atoms with Crippen LogP contribution in [0.2, 0.25) is 0 Å². The summed E-state index contributed by atoms with van der Waals surface area (Å²) in [6.07, 6.45) is 0. The van der Waals surface area contributed by atoms with E-state index in [0.29, 0.717) is 11.4 Å². The third-order valence-corrected chi connectivity index (χ3v) is 4.76. The van der Waals surface area contributed by atoms with Gasteiger partial charge in [-0.3, -0.25) is 4.21 Å². The van der Waals surface area contributed by atoms with Crippen LogP contribution in [0.25, 0.3) is 0 Å². The zero-order valence-corrected chi connectivity index (χ0v) is 12.4. The number of anilines is 1. The maximum Gasteiger partial charge on any atom is 0.0574 e. The molecule has 2 aromatic carbocycles. The number of rotatable bonds is 3. The van der Waals surface area contributed by atoms with Crippen LogP contribution in [0.4, 0.5) is 5.69 Å². The first kappa shape index (κ1) is 13.3. The highest BCUT2D eigenvalue weighted by Gasteiger charge is 2.06. The molecule has 2 rings (SSSR count). The number of aryl methyl sites for hydroxylation is 1. The van der Waals surface area contributed by atoms with Crippen LogP contribution < -0.4 is 5.73 Å². The van der Waals surface area contributed by atoms with Crippen molar-refractivity contribution in [3.8, 4) is 0 Å². The number of hydrogen-bond acceptors (Lipinski definition) is 2. The Morgan fingerprint density at radius 1 is 1.17 bits per heavy atom. The highest BCUT2D eigenvalue weighted by atomic mass is 79.9. The van der Waals surface area contributed by atoms with Crippen LogP contribution in [0.1, 0.15) is 11.1 Å². The second-order valence-corrected chi connectivity index (χ2v) is 6.46. The molecular formula is C14H14BrNOS. The van der Waals surface area contributed by atoms with Gasteiger partial charge in [-0.15, -0.1) is 0 Å². The van der Waals surface area contributed by atoms with E-state index in [4.69, 9.17) is 5.73 Å². The van der Waals surface area contributed by atoms with Gasteiger partial charge in [-0.05, 0) is 52.7 Å². The lowest BCUT2D eigenvalue weighted by Gasteiger charge is -2.05. The van der Waals surface area contributed by atoms with Gasteiger partial charge in [0.1, 0.15) is 0 Å². The Balaban J connectivity index is 2.16. The molecule has 1 atom stereocenters. The van der Waals surface area contributed by atoms with Gasteiger partial charge in [-0.25, -0.2) is 0 Å². The van der Waals surface area contributed by atoms with E-state index >= 15 is 0 Å². The lowest BCUT2D eigenvalue weighted by Crippen LogP contribution is -1.98. The molecule has 2 nitrogen and oxygen atoms in total. The van der Waals surface area contributed by atoms with Crippen LogP contribution in [0.5, 0.6) is 0 Å². The Morgan fingerprint density at radius 3 is 2.44 bits per heavy atom. The fourth-order valence-corrected chi connectivity index (χ4v) is 2.94. The number of halogens is 1. The van der Waals surface area contributed by atoms with Gasteiger partial charge in [0.2, 0.25) is 0 Å². The summed E-state index contributed by atoms with van der Waals surface area (Å²) in [5.41, 5.74) is 8.63. The lowest BCUT2D eigenvalue weighted by molar-refractivity contribution is 0.682. The van der Waals surface area contributed by atoms with Crippen molar-refractivity contribution in [3.63, 3.8) is 0 Å². The van der Waals surface area contributed by atoms with Gasteiger partial charge >= 0.3 is 0 Å². The molecule has 0 radical (unpaired) electrons. The quantitative estimate of drug-likeness (QED) is 0.876. The molecule has 18 heavy (non-hydrogen) atoms. The second kappa shape index (κ2) is 5.67. The molecule has 0 aliphatic carbocycles. The minimum atomic E-state index is -1.03. The second-order valence-electron chi connectivity index (χ2n) is 4.16. The zero-order valence-electron chi connectivity index (χ0n) is 10.0. The Bertz CT molecular complexity index is 581. The lowest BCUT2D eigenvalue weighted by atomic mass is 10.2. The summed E-state index contributed by atoms with van der Waals surface area (Å²) in [5.74, 6) is 0.487. The third kappa shape index (κ3) is 3.21. The number of nitrogens with two attached hydrogens (primary N) is 1. The van der Waals surface area contributed by atoms with Gasteiger partial charge in [0, 0.05) is 15.1 Å². The molecule has 0 aliphatic heterocycles. The van der Waals surface area contributed by atoms with Crippen molar-refractivity contribution in [1.29, 1.82) is 0 Å². The molecule has 0 amide bonds. The predicted octanol–water partition coefficient (Wildman–Crippen LogP) is 3.65. The van der Waals surface area contributed by atoms with Crippen LogP contribution in [-0.4, -0.2) is 4.21 Å². The highest BCUT2D eigenvalue weighted by molar-refractivity contribution is 9.10. The molecule has 0 fully saturated rings. The average molecular weight is 324 g/mol. The number of hydrogen-bond donors (Lipinski definition) is 1. The molecule has 4 heteroatoms. The van der Waals surface area contributed by atoms with Crippen LogP contribution in [0.3, 0.4) is 0 Å². The van der Waals surface area contributed by atoms with Gasteiger partial charge in [0.05, 0.1) is 16.6 Å². The van der Waals surface area contributed by atoms with E-state index in [2.05, 4.69) is 15.9 Å². The Morgan fingerprint density at radius 2 is 1.83 bits per heavy atom. The molecule has 0 aromatic heterocycles. The molecule has 0 spiro atoms. The van der Waals surface area contributed by atoms with Crippen molar-refractivity contribution in [3.05, 3.63) is 58.1 Å². The van der Waals surface area contributed by atoms with Crippen molar-refractivity contribution in [1.82, 2.24) is 0 Å². The maximum atomic E-state index is 12.2. The SMILES string of the molecule is Cc1ccc(S(=O)Cc2ccc(Br)c(N)c2)cc1. The van der Waals surface area contributed by atoms with E-state index in [9.17, 15) is 4.21 Å². The first-order valence-electron chi connectivity index (χ1n) is 5.55. The van der Waals surface area contributed by atoms with Crippen molar-refractivity contribution >= 4 is 32.4 Å². The van der Waals surface area contributed by atoms with Gasteiger partial charge in [-0.1, -0.05) is 23.8 Å². The Hall–Kier alpha value is -1.13. The fraction of sp³-hybridized carbons (Fsp3) is 0.143. The molecular weight excluding hydrogens is 310 g/mol. The average Bonchev–Trinajstić information content (AvgIpc) is 2.34. The molecule has 0 aliphatic rings. The summed E-state index contributed by atoms with van der Waals surface area (Å²) in [5, 5.41) is 0. The van der Waals surface area contributed by atoms with Crippen molar-refractivity contribution in [2.75, 3.05) is 5.73 Å². The molecule has 0 bridgehead atoms. The van der Waals surface area contributed by atoms with Crippen LogP contribution >= 0.6 is 15.9 Å². The minimum Gasteiger partial charge on any atom is -0.398 e. The highest BCUT2D eigenvalue weighted by Crippen LogP contribution is 2.22. The number of nitrogen functional groups attached to an aromatic ring is 1. The summed E-state index contributed by atoms with van der Waals surface area (Å²) in [7, 11) is -1.03. The van der Waals surface area contributed by atoms with Gasteiger partial charge in [0.25, 0.3) is 0 Å². The first-order chi connectivity index (χ1) is 8.56. The summed E-state index contributed by atoms with van der Waals surface area (Å²) in [4.78, 5) is 0.849. The van der Waals surface area contributed by atoms with Crippen molar-refractivity contribution < 1.29 is 4.21 Å². The van der Waals surface area contributed by atoms with Crippen molar-refractivity contribution in [2.45, 2.75) is 17.6 Å². The molecule has 2 aromatic rings. The van der Waals surface area contributed by atoms with Crippen LogP contribution in [0.15, 0.2) is 51.8 Å². The van der Waals surface area contributed by atoms with E-state index in [1.165, 1.54) is 5.56 Å². The normalized spacial score (nSPS) is 12.3. The van der Waals surface area contributed by atoms with E-state index in [-0.39, 0.29) is 0 Å². The Labute approximate surface area is 118 Å². The van der Waals surface area contributed by atoms with Gasteiger partial charge in [-0.2, -0.15) is 0 Å². The van der Waals surface area contributed by atoms with E-state index in [1.54, 1.807) is 0 Å². The molecule has 94 valence electrons. The standard InChI is InChI=1S/C14H14BrNOS/c1-10-2-5-12(6-3-10)18(17)9-11-4-7-13(15)14(16)8-11/h2-8H,9,16H2,1H3. The van der Waals surface area contributed by atoms with Gasteiger partial charge < -0.3 is 5.73 Å². The van der Waals surface area contributed by atoms with E-state index in [1.807, 2.05) is 49.4 Å². The fourth-order valence-electron chi connectivity index (χ4n) is 1.61. The van der Waals surface area contributed by atoms with Crippen molar-refractivity contribution in [2.24, 2.45) is 0 Å². The molecule has 2 N–H and O–H groups in total. The van der Waals surface area contributed by atoms with Crippen LogP contribution in [0, 0.1) is 6.92 Å². The monoisotopic (exact) mass is 323 g/mol. The molecule has 1 unspecified atom stereocenters. The molecule has 0 saturated carbocycles. The first-order valence-corrected chi connectivity index (χ1v) is 7.66. The van der Waals surface area contributed by atoms with Gasteiger partial charge in [0.15, 0.2) is 0 Å².